The van der Waals surface area contributed by atoms with Crippen LogP contribution in [0.25, 0.3) is 0 Å². The Bertz CT molecular complexity index is 471. The molecule has 0 bridgehead atoms. The Morgan fingerprint density at radius 2 is 2.06 bits per heavy atom. The summed E-state index contributed by atoms with van der Waals surface area (Å²) < 4.78 is 0. The Kier molecular flexibility index (Phi) is 3.49. The van der Waals surface area contributed by atoms with E-state index in [2.05, 4.69) is 15.0 Å². The van der Waals surface area contributed by atoms with Crippen LogP contribution in [-0.2, 0) is 6.42 Å². The van der Waals surface area contributed by atoms with Crippen molar-refractivity contribution in [2.24, 2.45) is 0 Å². The normalized spacial score (nSPS) is 10.2. The van der Waals surface area contributed by atoms with Crippen LogP contribution < -0.4 is 10.6 Å². The molecule has 88 valence electrons. The topological polar surface area (TPSA) is 67.9 Å². The predicted molar refractivity (Wildman–Crippen MR) is 67.7 cm³/mol. The lowest BCUT2D eigenvalue weighted by Gasteiger charge is -2.17. The minimum absolute atomic E-state index is 0.298. The van der Waals surface area contributed by atoms with Gasteiger partial charge in [0.25, 0.3) is 0 Å². The van der Waals surface area contributed by atoms with E-state index in [4.69, 9.17) is 5.73 Å². The first-order valence-corrected chi connectivity index (χ1v) is 5.45. The van der Waals surface area contributed by atoms with Gasteiger partial charge in [0.1, 0.15) is 5.82 Å². The van der Waals surface area contributed by atoms with Gasteiger partial charge in [0.05, 0.1) is 0 Å². The molecule has 0 radical (unpaired) electrons. The van der Waals surface area contributed by atoms with Crippen LogP contribution in [0.3, 0.4) is 0 Å². The molecular formula is C12H15N5. The molecule has 0 amide bonds. The van der Waals surface area contributed by atoms with Gasteiger partial charge >= 0.3 is 0 Å². The Hall–Kier alpha value is -2.17. The van der Waals surface area contributed by atoms with Crippen molar-refractivity contribution in [3.63, 3.8) is 0 Å². The smallest absolute Gasteiger partial charge is 0.221 e. The Morgan fingerprint density at radius 1 is 1.18 bits per heavy atom. The summed E-state index contributed by atoms with van der Waals surface area (Å²) in [6, 6.07) is 7.76. The van der Waals surface area contributed by atoms with E-state index >= 15 is 0 Å². The molecule has 0 saturated carbocycles. The van der Waals surface area contributed by atoms with E-state index in [-0.39, 0.29) is 0 Å². The van der Waals surface area contributed by atoms with Crippen LogP contribution in [0, 0.1) is 0 Å². The van der Waals surface area contributed by atoms with Gasteiger partial charge in [-0.25, -0.2) is 4.98 Å². The van der Waals surface area contributed by atoms with E-state index in [1.807, 2.05) is 36.2 Å². The highest BCUT2D eigenvalue weighted by molar-refractivity contribution is 5.39. The maximum atomic E-state index is 5.54. The van der Waals surface area contributed by atoms with Crippen molar-refractivity contribution in [3.8, 4) is 0 Å². The van der Waals surface area contributed by atoms with Crippen molar-refractivity contribution in [1.82, 2.24) is 15.0 Å². The number of nitrogen functional groups attached to an aromatic ring is 1. The van der Waals surface area contributed by atoms with Gasteiger partial charge in [-0.1, -0.05) is 6.07 Å². The third kappa shape index (κ3) is 3.14. The fourth-order valence-corrected chi connectivity index (χ4v) is 1.52. The van der Waals surface area contributed by atoms with E-state index < -0.39 is 0 Å². The van der Waals surface area contributed by atoms with E-state index in [1.165, 1.54) is 0 Å². The van der Waals surface area contributed by atoms with Gasteiger partial charge in [0.15, 0.2) is 0 Å². The summed E-state index contributed by atoms with van der Waals surface area (Å²) >= 11 is 0. The number of nitrogens with zero attached hydrogens (tertiary/aromatic N) is 4. The van der Waals surface area contributed by atoms with E-state index in [1.54, 1.807) is 12.4 Å². The number of nitrogens with two attached hydrogens (primary N) is 1. The van der Waals surface area contributed by atoms with Crippen molar-refractivity contribution in [1.29, 1.82) is 0 Å². The highest BCUT2D eigenvalue weighted by Crippen LogP contribution is 2.09. The fourth-order valence-electron chi connectivity index (χ4n) is 1.52. The van der Waals surface area contributed by atoms with Gasteiger partial charge in [-0.05, 0) is 18.2 Å². The Balaban J connectivity index is 1.96. The van der Waals surface area contributed by atoms with Crippen LogP contribution in [0.5, 0.6) is 0 Å². The van der Waals surface area contributed by atoms with E-state index in [0.29, 0.717) is 5.95 Å². The molecule has 2 rings (SSSR count). The minimum atomic E-state index is 0.298. The SMILES string of the molecule is CN(CCc1ccccn1)c1ccnc(N)n1. The molecule has 2 heterocycles. The van der Waals surface area contributed by atoms with Crippen LogP contribution in [0.15, 0.2) is 36.7 Å². The molecule has 5 nitrogen and oxygen atoms in total. The minimum Gasteiger partial charge on any atom is -0.368 e. The molecular weight excluding hydrogens is 214 g/mol. The molecule has 0 spiro atoms. The fraction of sp³-hybridized carbons (Fsp3) is 0.250. The zero-order chi connectivity index (χ0) is 12.1. The molecule has 2 aromatic rings. The second-order valence-corrected chi connectivity index (χ2v) is 3.77. The van der Waals surface area contributed by atoms with E-state index in [0.717, 1.165) is 24.5 Å². The van der Waals surface area contributed by atoms with Gasteiger partial charge in [0, 0.05) is 38.1 Å². The lowest BCUT2D eigenvalue weighted by molar-refractivity contribution is 0.837. The maximum absolute atomic E-state index is 5.54. The number of hydrogen-bond donors (Lipinski definition) is 1. The number of hydrogen-bond acceptors (Lipinski definition) is 5. The monoisotopic (exact) mass is 229 g/mol. The molecule has 0 atom stereocenters. The van der Waals surface area contributed by atoms with Crippen LogP contribution in [-0.4, -0.2) is 28.5 Å². The van der Waals surface area contributed by atoms with Gasteiger partial charge in [0.2, 0.25) is 5.95 Å². The largest absolute Gasteiger partial charge is 0.368 e. The summed E-state index contributed by atoms with van der Waals surface area (Å²) in [5.74, 6) is 1.13. The summed E-state index contributed by atoms with van der Waals surface area (Å²) in [4.78, 5) is 14.3. The maximum Gasteiger partial charge on any atom is 0.221 e. The summed E-state index contributed by atoms with van der Waals surface area (Å²) in [5.41, 5.74) is 6.61. The van der Waals surface area contributed by atoms with Crippen LogP contribution in [0.4, 0.5) is 11.8 Å². The summed E-state index contributed by atoms with van der Waals surface area (Å²) in [6.07, 6.45) is 4.34. The third-order valence-electron chi connectivity index (χ3n) is 2.48. The van der Waals surface area contributed by atoms with Crippen molar-refractivity contribution >= 4 is 11.8 Å². The molecule has 0 saturated heterocycles. The van der Waals surface area contributed by atoms with Crippen LogP contribution in [0.2, 0.25) is 0 Å². The lowest BCUT2D eigenvalue weighted by Crippen LogP contribution is -2.22. The van der Waals surface area contributed by atoms with E-state index in [9.17, 15) is 0 Å². The molecule has 0 fully saturated rings. The molecule has 0 aliphatic heterocycles. The highest BCUT2D eigenvalue weighted by atomic mass is 15.2. The third-order valence-corrected chi connectivity index (χ3v) is 2.48. The molecule has 0 aromatic carbocycles. The van der Waals surface area contributed by atoms with Gasteiger partial charge < -0.3 is 10.6 Å². The molecule has 0 aliphatic carbocycles. The second-order valence-electron chi connectivity index (χ2n) is 3.77. The molecule has 0 unspecified atom stereocenters. The molecule has 0 aliphatic rings. The quantitative estimate of drug-likeness (QED) is 0.851. The number of likely N-dealkylation sites (N-methyl/N-ethyl adjacent to an activating group) is 1. The lowest BCUT2D eigenvalue weighted by atomic mass is 10.2. The van der Waals surface area contributed by atoms with Gasteiger partial charge in [-0.3, -0.25) is 4.98 Å². The summed E-state index contributed by atoms with van der Waals surface area (Å²) in [5, 5.41) is 0. The predicted octanol–water partition coefficient (Wildman–Crippen LogP) is 1.13. The van der Waals surface area contributed by atoms with Crippen molar-refractivity contribution in [2.45, 2.75) is 6.42 Å². The molecule has 2 N–H and O–H groups in total. The van der Waals surface area contributed by atoms with Gasteiger partial charge in [-0.2, -0.15) is 4.98 Å². The first-order valence-electron chi connectivity index (χ1n) is 5.45. The zero-order valence-corrected chi connectivity index (χ0v) is 9.74. The van der Waals surface area contributed by atoms with Crippen molar-refractivity contribution in [3.05, 3.63) is 42.4 Å². The first kappa shape index (κ1) is 11.3. The Labute approximate surface area is 100 Å². The first-order chi connectivity index (χ1) is 8.25. The molecule has 17 heavy (non-hydrogen) atoms. The Morgan fingerprint density at radius 3 is 2.76 bits per heavy atom. The van der Waals surface area contributed by atoms with Crippen molar-refractivity contribution < 1.29 is 0 Å². The molecule has 2 aromatic heterocycles. The number of aromatic nitrogens is 3. The summed E-state index contributed by atoms with van der Waals surface area (Å²) in [7, 11) is 1.98. The standard InChI is InChI=1S/C12H15N5/c1-17(11-5-8-15-12(13)16-11)9-6-10-4-2-3-7-14-10/h2-5,7-8H,6,9H2,1H3,(H2,13,15,16). The van der Waals surface area contributed by atoms with Crippen molar-refractivity contribution in [2.75, 3.05) is 24.2 Å². The number of anilines is 2. The molecule has 5 heteroatoms. The van der Waals surface area contributed by atoms with Crippen LogP contribution in [0.1, 0.15) is 5.69 Å². The average Bonchev–Trinajstić information content (AvgIpc) is 2.37. The number of rotatable bonds is 4. The van der Waals surface area contributed by atoms with Crippen LogP contribution >= 0.6 is 0 Å². The number of pyridine rings is 1. The summed E-state index contributed by atoms with van der Waals surface area (Å²) in [6.45, 7) is 0.841. The zero-order valence-electron chi connectivity index (χ0n) is 9.74. The van der Waals surface area contributed by atoms with Gasteiger partial charge in [-0.15, -0.1) is 0 Å². The second kappa shape index (κ2) is 5.25. The highest BCUT2D eigenvalue weighted by Gasteiger charge is 2.03. The average molecular weight is 229 g/mol.